The highest BCUT2D eigenvalue weighted by molar-refractivity contribution is 5.97. The summed E-state index contributed by atoms with van der Waals surface area (Å²) in [5, 5.41) is 2.91. The minimum atomic E-state index is -0.958. The Morgan fingerprint density at radius 3 is 2.24 bits per heavy atom. The highest BCUT2D eigenvalue weighted by atomic mass is 16.6. The fourth-order valence-corrected chi connectivity index (χ4v) is 5.60. The van der Waals surface area contributed by atoms with Gasteiger partial charge in [0, 0.05) is 44.2 Å². The van der Waals surface area contributed by atoms with Gasteiger partial charge in [0.2, 0.25) is 11.8 Å². The quantitative estimate of drug-likeness (QED) is 0.331. The Morgan fingerprint density at radius 2 is 1.59 bits per heavy atom. The Balaban J connectivity index is 1.39. The van der Waals surface area contributed by atoms with E-state index in [9.17, 15) is 19.2 Å². The molecule has 2 heterocycles. The third kappa shape index (κ3) is 8.17. The molecule has 1 saturated carbocycles. The van der Waals surface area contributed by atoms with Crippen molar-refractivity contribution in [2.45, 2.75) is 51.2 Å². The van der Waals surface area contributed by atoms with E-state index < -0.39 is 24.0 Å². The van der Waals surface area contributed by atoms with Gasteiger partial charge < -0.3 is 29.3 Å². The highest BCUT2D eigenvalue weighted by Gasteiger charge is 2.31. The summed E-state index contributed by atoms with van der Waals surface area (Å²) in [6, 6.07) is 16.6. The number of aromatic nitrogens is 2. The fourth-order valence-electron chi connectivity index (χ4n) is 5.60. The van der Waals surface area contributed by atoms with Crippen LogP contribution < -0.4 is 10.1 Å². The number of nitrogens with one attached hydrogen (secondary N) is 1. The zero-order chi connectivity index (χ0) is 32.5. The molecule has 0 bridgehead atoms. The molecular weight excluding hydrogens is 590 g/mol. The average molecular weight is 630 g/mol. The first-order chi connectivity index (χ1) is 22.3. The molecular formula is C34H39N5O7. The van der Waals surface area contributed by atoms with Gasteiger partial charge in [-0.1, -0.05) is 42.5 Å². The topological polar surface area (TPSA) is 140 Å². The summed E-state index contributed by atoms with van der Waals surface area (Å²) in [7, 11) is 1.31. The van der Waals surface area contributed by atoms with E-state index >= 15 is 0 Å². The van der Waals surface area contributed by atoms with Crippen molar-refractivity contribution in [3.63, 3.8) is 0 Å². The van der Waals surface area contributed by atoms with Crippen molar-refractivity contribution < 1.29 is 33.4 Å². The van der Waals surface area contributed by atoms with Crippen LogP contribution in [0.1, 0.15) is 59.0 Å². The summed E-state index contributed by atoms with van der Waals surface area (Å²) in [4.78, 5) is 64.3. The number of carbonyl (C=O) groups excluding carboxylic acids is 4. The van der Waals surface area contributed by atoms with Crippen molar-refractivity contribution in [2.24, 2.45) is 0 Å². The van der Waals surface area contributed by atoms with Crippen molar-refractivity contribution in [3.8, 4) is 17.3 Å². The highest BCUT2D eigenvalue weighted by Crippen LogP contribution is 2.25. The first kappa shape index (κ1) is 32.4. The molecule has 3 amide bonds. The van der Waals surface area contributed by atoms with Gasteiger partial charge in [-0.25, -0.2) is 14.6 Å². The van der Waals surface area contributed by atoms with E-state index in [0.717, 1.165) is 36.8 Å². The molecule has 1 unspecified atom stereocenters. The summed E-state index contributed by atoms with van der Waals surface area (Å²) in [6.45, 7) is 3.21. The molecule has 0 spiro atoms. The molecule has 3 aromatic rings. The van der Waals surface area contributed by atoms with E-state index in [1.54, 1.807) is 41.0 Å². The number of nitrogens with zero attached hydrogens (tertiary/aromatic N) is 4. The fraction of sp³-hybridized carbons (Fsp3) is 0.412. The largest absolute Gasteiger partial charge is 0.474 e. The van der Waals surface area contributed by atoms with Crippen molar-refractivity contribution >= 4 is 23.9 Å². The van der Waals surface area contributed by atoms with E-state index in [4.69, 9.17) is 14.2 Å². The zero-order valence-corrected chi connectivity index (χ0v) is 26.1. The van der Waals surface area contributed by atoms with E-state index in [2.05, 4.69) is 15.3 Å². The molecule has 1 aliphatic carbocycles. The zero-order valence-electron chi connectivity index (χ0n) is 26.1. The molecule has 12 nitrogen and oxygen atoms in total. The lowest BCUT2D eigenvalue weighted by Crippen LogP contribution is -2.56. The molecule has 1 aromatic heterocycles. The third-order valence-corrected chi connectivity index (χ3v) is 8.09. The maximum atomic E-state index is 13.9. The van der Waals surface area contributed by atoms with Crippen molar-refractivity contribution in [3.05, 3.63) is 77.5 Å². The van der Waals surface area contributed by atoms with E-state index in [-0.39, 0.29) is 43.8 Å². The van der Waals surface area contributed by atoms with Crippen LogP contribution in [0.25, 0.3) is 11.4 Å². The lowest BCUT2D eigenvalue weighted by Gasteiger charge is -2.36. The van der Waals surface area contributed by atoms with Crippen LogP contribution in [-0.2, 0) is 20.7 Å². The van der Waals surface area contributed by atoms with Crippen LogP contribution in [0.3, 0.4) is 0 Å². The molecule has 12 heteroatoms. The number of rotatable bonds is 10. The number of hydrogen-bond acceptors (Lipinski definition) is 9. The standard InChI is InChI=1S/C34H39N5O7/c1-3-45-34(43)39-19-17-38(18-20-39)32(41)28(21-23-13-15-25(16-14-23)33(42)44-2)36-31(40)27-22-29(46-26-11-7-8-12-26)37-30(35-27)24-9-5-4-6-10-24/h4-6,9-10,13-16,22,26,28H,3,7-8,11-12,17-21H2,1-2H3,(H,36,40). The van der Waals surface area contributed by atoms with Crippen LogP contribution in [0.15, 0.2) is 60.7 Å². The second-order valence-electron chi connectivity index (χ2n) is 11.2. The molecule has 1 saturated heterocycles. The summed E-state index contributed by atoms with van der Waals surface area (Å²) < 4.78 is 16.1. The normalized spacial score (nSPS) is 15.6. The third-order valence-electron chi connectivity index (χ3n) is 8.09. The molecule has 242 valence electrons. The molecule has 1 atom stereocenters. The number of piperazine rings is 1. The van der Waals surface area contributed by atoms with Gasteiger partial charge in [-0.05, 0) is 50.3 Å². The summed E-state index contributed by atoms with van der Waals surface area (Å²) in [6.07, 6.45) is 3.75. The van der Waals surface area contributed by atoms with Crippen LogP contribution >= 0.6 is 0 Å². The average Bonchev–Trinajstić information content (AvgIpc) is 3.61. The number of methoxy groups -OCH3 is 1. The number of ether oxygens (including phenoxy) is 3. The molecule has 5 rings (SSSR count). The second kappa shape index (κ2) is 15.3. The smallest absolute Gasteiger partial charge is 0.409 e. The predicted molar refractivity (Wildman–Crippen MR) is 168 cm³/mol. The van der Waals surface area contributed by atoms with Crippen LogP contribution in [-0.4, -0.2) is 95.7 Å². The summed E-state index contributed by atoms with van der Waals surface area (Å²) in [5.74, 6) is -0.667. The molecule has 2 aliphatic rings. The SMILES string of the molecule is CCOC(=O)N1CCN(C(=O)C(Cc2ccc(C(=O)OC)cc2)NC(=O)c2cc(OC3CCCC3)nc(-c3ccccc3)n2)CC1. The molecule has 1 N–H and O–H groups in total. The first-order valence-electron chi connectivity index (χ1n) is 15.6. The number of esters is 1. The Kier molecular flexibility index (Phi) is 10.8. The molecule has 46 heavy (non-hydrogen) atoms. The Bertz CT molecular complexity index is 1520. The van der Waals surface area contributed by atoms with Gasteiger partial charge in [0.05, 0.1) is 19.3 Å². The molecule has 1 aliphatic heterocycles. The Morgan fingerprint density at radius 1 is 0.913 bits per heavy atom. The number of carbonyl (C=O) groups is 4. The molecule has 2 fully saturated rings. The lowest BCUT2D eigenvalue weighted by molar-refractivity contribution is -0.134. The van der Waals surface area contributed by atoms with Crippen LogP contribution in [0, 0.1) is 0 Å². The van der Waals surface area contributed by atoms with E-state index in [1.807, 2.05) is 30.3 Å². The summed E-state index contributed by atoms with van der Waals surface area (Å²) >= 11 is 0. The lowest BCUT2D eigenvalue weighted by atomic mass is 10.0. The minimum absolute atomic E-state index is 0.0185. The van der Waals surface area contributed by atoms with Crippen molar-refractivity contribution in [2.75, 3.05) is 39.9 Å². The van der Waals surface area contributed by atoms with Crippen LogP contribution in [0.5, 0.6) is 5.88 Å². The van der Waals surface area contributed by atoms with Crippen LogP contribution in [0.2, 0.25) is 0 Å². The van der Waals surface area contributed by atoms with E-state index in [0.29, 0.717) is 30.4 Å². The number of benzene rings is 2. The van der Waals surface area contributed by atoms with Crippen LogP contribution in [0.4, 0.5) is 4.79 Å². The minimum Gasteiger partial charge on any atom is -0.474 e. The van der Waals surface area contributed by atoms with Gasteiger partial charge in [0.1, 0.15) is 17.8 Å². The summed E-state index contributed by atoms with van der Waals surface area (Å²) in [5.41, 5.74) is 1.91. The van der Waals surface area contributed by atoms with Gasteiger partial charge in [-0.2, -0.15) is 4.98 Å². The maximum absolute atomic E-state index is 13.9. The Hall–Kier alpha value is -5.00. The van der Waals surface area contributed by atoms with Gasteiger partial charge >= 0.3 is 12.1 Å². The van der Waals surface area contributed by atoms with Gasteiger partial charge in [0.25, 0.3) is 5.91 Å². The van der Waals surface area contributed by atoms with E-state index in [1.165, 1.54) is 13.2 Å². The number of amides is 3. The monoisotopic (exact) mass is 629 g/mol. The maximum Gasteiger partial charge on any atom is 0.409 e. The van der Waals surface area contributed by atoms with Crippen molar-refractivity contribution in [1.82, 2.24) is 25.1 Å². The number of hydrogen-bond donors (Lipinski definition) is 1. The second-order valence-corrected chi connectivity index (χ2v) is 11.2. The predicted octanol–water partition coefficient (Wildman–Crippen LogP) is 3.89. The first-order valence-corrected chi connectivity index (χ1v) is 15.6. The Labute approximate surface area is 268 Å². The van der Waals surface area contributed by atoms with Gasteiger partial charge in [0.15, 0.2) is 5.82 Å². The van der Waals surface area contributed by atoms with Gasteiger partial charge in [-0.15, -0.1) is 0 Å². The molecule has 0 radical (unpaired) electrons. The van der Waals surface area contributed by atoms with Crippen molar-refractivity contribution in [1.29, 1.82) is 0 Å². The molecule has 2 aromatic carbocycles. The van der Waals surface area contributed by atoms with Gasteiger partial charge in [-0.3, -0.25) is 9.59 Å².